The van der Waals surface area contributed by atoms with E-state index in [2.05, 4.69) is 22.3 Å². The molecule has 0 unspecified atom stereocenters. The minimum atomic E-state index is -4.31. The van der Waals surface area contributed by atoms with Gasteiger partial charge in [-0.2, -0.15) is 13.2 Å². The van der Waals surface area contributed by atoms with E-state index in [-0.39, 0.29) is 11.3 Å². The van der Waals surface area contributed by atoms with Gasteiger partial charge in [-0.25, -0.2) is 0 Å². The summed E-state index contributed by atoms with van der Waals surface area (Å²) in [7, 11) is 0. The SMILES string of the molecule is O=C(NCCCCN1CCN(c2cccc(C(F)(F)F)c2)CC1)C1(c2ccccc2)CCCCC1. The second kappa shape index (κ2) is 11.5. The van der Waals surface area contributed by atoms with Gasteiger partial charge in [-0.05, 0) is 56.0 Å². The third kappa shape index (κ3) is 6.37. The highest BCUT2D eigenvalue weighted by atomic mass is 19.4. The Balaban J connectivity index is 1.19. The van der Waals surface area contributed by atoms with Crippen LogP contribution in [0.2, 0.25) is 0 Å². The monoisotopic (exact) mass is 487 g/mol. The van der Waals surface area contributed by atoms with Crippen molar-refractivity contribution < 1.29 is 18.0 Å². The molecule has 7 heteroatoms. The van der Waals surface area contributed by atoms with E-state index in [0.717, 1.165) is 82.9 Å². The van der Waals surface area contributed by atoms with Crippen molar-refractivity contribution in [3.05, 3.63) is 65.7 Å². The Kier molecular flexibility index (Phi) is 8.37. The first-order chi connectivity index (χ1) is 16.9. The van der Waals surface area contributed by atoms with Crippen LogP contribution in [0.15, 0.2) is 54.6 Å². The fraction of sp³-hybridized carbons (Fsp3) is 0.536. The number of hydrogen-bond acceptors (Lipinski definition) is 3. The molecule has 2 aromatic carbocycles. The van der Waals surface area contributed by atoms with Gasteiger partial charge in [0, 0.05) is 38.4 Å². The molecule has 1 amide bonds. The van der Waals surface area contributed by atoms with Crippen molar-refractivity contribution in [1.82, 2.24) is 10.2 Å². The lowest BCUT2D eigenvalue weighted by Crippen LogP contribution is -2.47. The number of hydrogen-bond donors (Lipinski definition) is 1. The second-order valence-electron chi connectivity index (χ2n) is 9.85. The van der Waals surface area contributed by atoms with Gasteiger partial charge < -0.3 is 10.2 Å². The number of piperazine rings is 1. The van der Waals surface area contributed by atoms with Crippen LogP contribution in [0.25, 0.3) is 0 Å². The molecule has 2 aliphatic rings. The van der Waals surface area contributed by atoms with Gasteiger partial charge in [0.1, 0.15) is 0 Å². The lowest BCUT2D eigenvalue weighted by molar-refractivity contribution is -0.137. The Morgan fingerprint density at radius 3 is 2.29 bits per heavy atom. The van der Waals surface area contributed by atoms with Gasteiger partial charge >= 0.3 is 6.18 Å². The summed E-state index contributed by atoms with van der Waals surface area (Å²) >= 11 is 0. The Morgan fingerprint density at radius 2 is 1.60 bits per heavy atom. The molecular weight excluding hydrogens is 451 g/mol. The number of alkyl halides is 3. The number of benzene rings is 2. The number of halogens is 3. The summed E-state index contributed by atoms with van der Waals surface area (Å²) in [6.45, 7) is 4.72. The molecule has 35 heavy (non-hydrogen) atoms. The third-order valence-electron chi connectivity index (χ3n) is 7.57. The Labute approximate surface area is 206 Å². The molecule has 1 N–H and O–H groups in total. The third-order valence-corrected chi connectivity index (χ3v) is 7.57. The molecule has 2 aromatic rings. The molecule has 0 radical (unpaired) electrons. The fourth-order valence-corrected chi connectivity index (χ4v) is 5.50. The van der Waals surface area contributed by atoms with Crippen molar-refractivity contribution in [3.8, 4) is 0 Å². The van der Waals surface area contributed by atoms with Gasteiger partial charge in [0.05, 0.1) is 11.0 Å². The van der Waals surface area contributed by atoms with Crippen molar-refractivity contribution in [1.29, 1.82) is 0 Å². The summed E-state index contributed by atoms with van der Waals surface area (Å²) < 4.78 is 39.0. The highest BCUT2D eigenvalue weighted by Crippen LogP contribution is 2.39. The summed E-state index contributed by atoms with van der Waals surface area (Å²) in [5, 5.41) is 3.22. The largest absolute Gasteiger partial charge is 0.416 e. The fourth-order valence-electron chi connectivity index (χ4n) is 5.50. The zero-order chi connectivity index (χ0) is 24.7. The molecule has 190 valence electrons. The van der Waals surface area contributed by atoms with E-state index in [4.69, 9.17) is 0 Å². The van der Waals surface area contributed by atoms with E-state index < -0.39 is 11.7 Å². The van der Waals surface area contributed by atoms with Crippen LogP contribution >= 0.6 is 0 Å². The molecule has 4 nitrogen and oxygen atoms in total. The van der Waals surface area contributed by atoms with Gasteiger partial charge in [-0.15, -0.1) is 0 Å². The number of amides is 1. The maximum atomic E-state index is 13.2. The summed E-state index contributed by atoms with van der Waals surface area (Å²) in [5.41, 5.74) is 0.786. The van der Waals surface area contributed by atoms with Crippen LogP contribution in [0.1, 0.15) is 56.1 Å². The molecule has 0 atom stereocenters. The summed E-state index contributed by atoms with van der Waals surface area (Å²) in [4.78, 5) is 17.6. The van der Waals surface area contributed by atoms with Gasteiger partial charge in [0.25, 0.3) is 0 Å². The van der Waals surface area contributed by atoms with Crippen LogP contribution in [-0.4, -0.2) is 50.1 Å². The van der Waals surface area contributed by atoms with Gasteiger partial charge in [0.2, 0.25) is 5.91 Å². The van der Waals surface area contributed by atoms with Gasteiger partial charge in [-0.1, -0.05) is 55.7 Å². The molecule has 0 aromatic heterocycles. The maximum Gasteiger partial charge on any atom is 0.416 e. The number of rotatable bonds is 8. The number of anilines is 1. The molecule has 0 bridgehead atoms. The minimum Gasteiger partial charge on any atom is -0.369 e. The zero-order valence-corrected chi connectivity index (χ0v) is 20.3. The first-order valence-electron chi connectivity index (χ1n) is 12.9. The number of nitrogens with one attached hydrogen (secondary N) is 1. The lowest BCUT2D eigenvalue weighted by atomic mass is 9.68. The van der Waals surface area contributed by atoms with Crippen molar-refractivity contribution in [2.45, 2.75) is 56.5 Å². The standard InChI is InChI=1S/C28H36F3N3O/c29-28(30,31)24-12-9-13-25(22-24)34-20-18-33(19-21-34)17-8-7-16-32-26(35)27(14-5-2-6-15-27)23-10-3-1-4-11-23/h1,3-4,9-13,22H,2,5-8,14-21H2,(H,32,35). The van der Waals surface area contributed by atoms with Crippen LogP contribution in [0, 0.1) is 0 Å². The van der Waals surface area contributed by atoms with E-state index >= 15 is 0 Å². The van der Waals surface area contributed by atoms with Crippen LogP contribution in [0.4, 0.5) is 18.9 Å². The van der Waals surface area contributed by atoms with Gasteiger partial charge in [0.15, 0.2) is 0 Å². The molecule has 1 aliphatic heterocycles. The summed E-state index contributed by atoms with van der Waals surface area (Å²) in [5.74, 6) is 0.165. The number of carbonyl (C=O) groups excluding carboxylic acids is 1. The predicted molar refractivity (Wildman–Crippen MR) is 134 cm³/mol. The number of unbranched alkanes of at least 4 members (excludes halogenated alkanes) is 1. The summed E-state index contributed by atoms with van der Waals surface area (Å²) in [6, 6.07) is 15.8. The smallest absolute Gasteiger partial charge is 0.369 e. The summed E-state index contributed by atoms with van der Waals surface area (Å²) in [6.07, 6.45) is 2.81. The Bertz CT molecular complexity index is 949. The van der Waals surface area contributed by atoms with Crippen molar-refractivity contribution in [3.63, 3.8) is 0 Å². The average molecular weight is 488 g/mol. The molecular formula is C28H36F3N3O. The van der Waals surface area contributed by atoms with Crippen LogP contribution in [0.3, 0.4) is 0 Å². The van der Waals surface area contributed by atoms with Crippen LogP contribution in [-0.2, 0) is 16.4 Å². The highest BCUT2D eigenvalue weighted by molar-refractivity contribution is 5.88. The number of carbonyl (C=O) groups is 1. The quantitative estimate of drug-likeness (QED) is 0.491. The molecule has 2 fully saturated rings. The first kappa shape index (κ1) is 25.5. The first-order valence-corrected chi connectivity index (χ1v) is 12.9. The van der Waals surface area contributed by atoms with E-state index in [1.54, 1.807) is 6.07 Å². The second-order valence-corrected chi connectivity index (χ2v) is 9.85. The molecule has 0 spiro atoms. The highest BCUT2D eigenvalue weighted by Gasteiger charge is 2.40. The molecule has 4 rings (SSSR count). The Hall–Kier alpha value is -2.54. The van der Waals surface area contributed by atoms with Crippen LogP contribution < -0.4 is 10.2 Å². The predicted octanol–water partition coefficient (Wildman–Crippen LogP) is 5.63. The van der Waals surface area contributed by atoms with E-state index in [1.165, 1.54) is 18.6 Å². The molecule has 1 heterocycles. The molecule has 1 saturated carbocycles. The normalized spacial score (nSPS) is 18.9. The van der Waals surface area contributed by atoms with Crippen LogP contribution in [0.5, 0.6) is 0 Å². The maximum absolute atomic E-state index is 13.2. The van der Waals surface area contributed by atoms with E-state index in [9.17, 15) is 18.0 Å². The minimum absolute atomic E-state index is 0.165. The topological polar surface area (TPSA) is 35.6 Å². The van der Waals surface area contributed by atoms with Crippen molar-refractivity contribution in [2.75, 3.05) is 44.2 Å². The van der Waals surface area contributed by atoms with E-state index in [1.807, 2.05) is 23.1 Å². The molecule has 1 aliphatic carbocycles. The van der Waals surface area contributed by atoms with Crippen molar-refractivity contribution >= 4 is 11.6 Å². The zero-order valence-electron chi connectivity index (χ0n) is 20.3. The van der Waals surface area contributed by atoms with E-state index in [0.29, 0.717) is 12.2 Å². The number of nitrogens with zero attached hydrogens (tertiary/aromatic N) is 2. The molecule has 1 saturated heterocycles. The Morgan fingerprint density at radius 1 is 0.886 bits per heavy atom. The van der Waals surface area contributed by atoms with Crippen molar-refractivity contribution in [2.24, 2.45) is 0 Å². The lowest BCUT2D eigenvalue weighted by Gasteiger charge is -2.37. The van der Waals surface area contributed by atoms with Gasteiger partial charge in [-0.3, -0.25) is 9.69 Å². The average Bonchev–Trinajstić information content (AvgIpc) is 2.89.